The van der Waals surface area contributed by atoms with E-state index < -0.39 is 5.97 Å². The number of thioether (sulfide) groups is 1. The Bertz CT molecular complexity index is 571. The van der Waals surface area contributed by atoms with Crippen LogP contribution in [-0.4, -0.2) is 43.1 Å². The first-order valence-corrected chi connectivity index (χ1v) is 9.68. The topological polar surface area (TPSA) is 61.8 Å². The van der Waals surface area contributed by atoms with Crippen molar-refractivity contribution in [2.24, 2.45) is 0 Å². The summed E-state index contributed by atoms with van der Waals surface area (Å²) in [5.74, 6) is -0.143. The summed E-state index contributed by atoms with van der Waals surface area (Å²) >= 11 is 1.62. The van der Waals surface area contributed by atoms with E-state index in [0.29, 0.717) is 24.4 Å². The quantitative estimate of drug-likeness (QED) is 0.236. The second-order valence-electron chi connectivity index (χ2n) is 6.14. The van der Waals surface area contributed by atoms with Crippen molar-refractivity contribution >= 4 is 23.7 Å². The van der Waals surface area contributed by atoms with Crippen molar-refractivity contribution in [1.82, 2.24) is 0 Å². The minimum absolute atomic E-state index is 0.0690. The fourth-order valence-electron chi connectivity index (χ4n) is 1.87. The van der Waals surface area contributed by atoms with E-state index in [-0.39, 0.29) is 31.2 Å². The van der Waals surface area contributed by atoms with Gasteiger partial charge in [-0.15, -0.1) is 11.8 Å². The number of rotatable bonds is 12. The van der Waals surface area contributed by atoms with Crippen LogP contribution < -0.4 is 0 Å². The smallest absolute Gasteiger partial charge is 0.333 e. The molecule has 0 aromatic heterocycles. The van der Waals surface area contributed by atoms with Gasteiger partial charge < -0.3 is 14.2 Å². The molecule has 1 unspecified atom stereocenters. The second-order valence-corrected chi connectivity index (χ2v) is 7.23. The van der Waals surface area contributed by atoms with E-state index >= 15 is 0 Å². The van der Waals surface area contributed by atoms with E-state index in [1.54, 1.807) is 18.7 Å². The first-order chi connectivity index (χ1) is 12.4. The van der Waals surface area contributed by atoms with Crippen molar-refractivity contribution in [2.45, 2.75) is 50.7 Å². The predicted molar refractivity (Wildman–Crippen MR) is 103 cm³/mol. The standard InChI is InChI=1S/C20H28O5S/c1-15(2)20(22)23-12-8-11-19(21)25-17(13-24-16(3)4)14-26-18-9-6-5-7-10-18/h5-7,9-10,16-17H,1,8,11-14H2,2-4H3. The van der Waals surface area contributed by atoms with Crippen molar-refractivity contribution in [1.29, 1.82) is 0 Å². The van der Waals surface area contributed by atoms with Crippen LogP contribution in [0.4, 0.5) is 0 Å². The monoisotopic (exact) mass is 380 g/mol. The van der Waals surface area contributed by atoms with Crippen molar-refractivity contribution in [3.05, 3.63) is 42.5 Å². The highest BCUT2D eigenvalue weighted by atomic mass is 32.2. The normalized spacial score (nSPS) is 11.8. The van der Waals surface area contributed by atoms with Gasteiger partial charge in [-0.05, 0) is 39.3 Å². The maximum Gasteiger partial charge on any atom is 0.333 e. The highest BCUT2D eigenvalue weighted by Crippen LogP contribution is 2.19. The maximum atomic E-state index is 12.0. The minimum Gasteiger partial charge on any atom is -0.462 e. The molecule has 0 heterocycles. The third-order valence-electron chi connectivity index (χ3n) is 3.20. The molecule has 0 spiro atoms. The largest absolute Gasteiger partial charge is 0.462 e. The Hall–Kier alpha value is -1.79. The van der Waals surface area contributed by atoms with Crippen molar-refractivity contribution in [2.75, 3.05) is 19.0 Å². The summed E-state index contributed by atoms with van der Waals surface area (Å²) in [5.41, 5.74) is 0.344. The molecule has 0 saturated carbocycles. The van der Waals surface area contributed by atoms with Gasteiger partial charge in [0, 0.05) is 22.6 Å². The molecule has 5 nitrogen and oxygen atoms in total. The lowest BCUT2D eigenvalue weighted by Crippen LogP contribution is -2.27. The Morgan fingerprint density at radius 1 is 1.19 bits per heavy atom. The molecule has 0 bridgehead atoms. The molecule has 0 aliphatic rings. The molecule has 0 fully saturated rings. The zero-order valence-corrected chi connectivity index (χ0v) is 16.6. The summed E-state index contributed by atoms with van der Waals surface area (Å²) in [4.78, 5) is 24.4. The average Bonchev–Trinajstić information content (AvgIpc) is 2.61. The zero-order valence-electron chi connectivity index (χ0n) is 15.7. The van der Waals surface area contributed by atoms with Crippen molar-refractivity contribution < 1.29 is 23.8 Å². The van der Waals surface area contributed by atoms with Gasteiger partial charge in [0.1, 0.15) is 6.10 Å². The van der Waals surface area contributed by atoms with Gasteiger partial charge in [-0.25, -0.2) is 4.79 Å². The van der Waals surface area contributed by atoms with Crippen LogP contribution in [0.5, 0.6) is 0 Å². The number of benzene rings is 1. The van der Waals surface area contributed by atoms with Gasteiger partial charge >= 0.3 is 11.9 Å². The molecule has 0 N–H and O–H groups in total. The lowest BCUT2D eigenvalue weighted by atomic mass is 10.3. The molecule has 1 rings (SSSR count). The molecule has 0 saturated heterocycles. The van der Waals surface area contributed by atoms with Crippen LogP contribution in [0.25, 0.3) is 0 Å². The fourth-order valence-corrected chi connectivity index (χ4v) is 2.76. The Morgan fingerprint density at radius 2 is 1.88 bits per heavy atom. The van der Waals surface area contributed by atoms with Crippen LogP contribution in [0.2, 0.25) is 0 Å². The number of hydrogen-bond acceptors (Lipinski definition) is 6. The van der Waals surface area contributed by atoms with E-state index in [9.17, 15) is 9.59 Å². The first kappa shape index (κ1) is 22.3. The third-order valence-corrected chi connectivity index (χ3v) is 4.34. The van der Waals surface area contributed by atoms with E-state index in [1.165, 1.54) is 0 Å². The van der Waals surface area contributed by atoms with Crippen molar-refractivity contribution in [3.8, 4) is 0 Å². The van der Waals surface area contributed by atoms with E-state index in [1.807, 2.05) is 44.2 Å². The molecule has 1 atom stereocenters. The molecule has 0 amide bonds. The minimum atomic E-state index is -0.444. The Morgan fingerprint density at radius 3 is 2.50 bits per heavy atom. The molecule has 1 aromatic carbocycles. The SMILES string of the molecule is C=C(C)C(=O)OCCCC(=O)OC(COC(C)C)CSc1ccccc1. The molecule has 1 aromatic rings. The molecular weight excluding hydrogens is 352 g/mol. The highest BCUT2D eigenvalue weighted by Gasteiger charge is 2.16. The van der Waals surface area contributed by atoms with E-state index in [2.05, 4.69) is 6.58 Å². The lowest BCUT2D eigenvalue weighted by molar-refractivity contribution is -0.152. The van der Waals surface area contributed by atoms with Gasteiger partial charge in [-0.1, -0.05) is 24.8 Å². The Balaban J connectivity index is 2.39. The number of ether oxygens (including phenoxy) is 3. The van der Waals surface area contributed by atoms with Crippen LogP contribution in [-0.2, 0) is 23.8 Å². The fraction of sp³-hybridized carbons (Fsp3) is 0.500. The zero-order chi connectivity index (χ0) is 19.4. The van der Waals surface area contributed by atoms with Crippen LogP contribution in [0.15, 0.2) is 47.4 Å². The van der Waals surface area contributed by atoms with Gasteiger partial charge in [0.05, 0.1) is 19.3 Å². The molecule has 144 valence electrons. The summed E-state index contributed by atoms with van der Waals surface area (Å²) in [7, 11) is 0. The molecular formula is C20H28O5S. The lowest BCUT2D eigenvalue weighted by Gasteiger charge is -2.19. The van der Waals surface area contributed by atoms with Crippen LogP contribution >= 0.6 is 11.8 Å². The second kappa shape index (κ2) is 12.5. The van der Waals surface area contributed by atoms with Gasteiger partial charge in [0.15, 0.2) is 0 Å². The van der Waals surface area contributed by atoms with Crippen molar-refractivity contribution in [3.63, 3.8) is 0 Å². The van der Waals surface area contributed by atoms with E-state index in [0.717, 1.165) is 4.90 Å². The summed E-state index contributed by atoms with van der Waals surface area (Å²) < 4.78 is 16.1. The summed E-state index contributed by atoms with van der Waals surface area (Å²) in [6.45, 7) is 9.51. The summed E-state index contributed by atoms with van der Waals surface area (Å²) in [5, 5.41) is 0. The molecule has 6 heteroatoms. The maximum absolute atomic E-state index is 12.0. The molecule has 0 aliphatic carbocycles. The van der Waals surface area contributed by atoms with E-state index in [4.69, 9.17) is 14.2 Å². The number of carbonyl (C=O) groups is 2. The Kier molecular flexibility index (Phi) is 10.7. The average molecular weight is 381 g/mol. The van der Waals surface area contributed by atoms with Crippen LogP contribution in [0, 0.1) is 0 Å². The Labute approximate surface area is 160 Å². The summed E-state index contributed by atoms with van der Waals surface area (Å²) in [6, 6.07) is 9.94. The number of hydrogen-bond donors (Lipinski definition) is 0. The third kappa shape index (κ3) is 10.3. The van der Waals surface area contributed by atoms with Gasteiger partial charge in [-0.3, -0.25) is 4.79 Å². The molecule has 0 radical (unpaired) electrons. The number of carbonyl (C=O) groups excluding carboxylic acids is 2. The highest BCUT2D eigenvalue weighted by molar-refractivity contribution is 7.99. The molecule has 26 heavy (non-hydrogen) atoms. The predicted octanol–water partition coefficient (Wildman–Crippen LogP) is 4.02. The van der Waals surface area contributed by atoms with Gasteiger partial charge in [-0.2, -0.15) is 0 Å². The summed E-state index contributed by atoms with van der Waals surface area (Å²) in [6.07, 6.45) is 0.353. The van der Waals surface area contributed by atoms with Crippen LogP contribution in [0.1, 0.15) is 33.6 Å². The van der Waals surface area contributed by atoms with Gasteiger partial charge in [0.2, 0.25) is 0 Å². The first-order valence-electron chi connectivity index (χ1n) is 8.70. The molecule has 0 aliphatic heterocycles. The van der Waals surface area contributed by atoms with Crippen LogP contribution in [0.3, 0.4) is 0 Å². The number of esters is 2. The van der Waals surface area contributed by atoms with Gasteiger partial charge in [0.25, 0.3) is 0 Å².